The van der Waals surface area contributed by atoms with Crippen LogP contribution in [0.3, 0.4) is 0 Å². The number of aliphatic hydroxyl groups is 2. The number of hydrogen-bond acceptors (Lipinski definition) is 6. The molecule has 0 aliphatic heterocycles. The molecule has 72 valence electrons. The number of rotatable bonds is 2. The van der Waals surface area contributed by atoms with E-state index in [1.807, 2.05) is 0 Å². The first-order chi connectivity index (χ1) is 5.29. The van der Waals surface area contributed by atoms with Crippen molar-refractivity contribution in [1.29, 1.82) is 0 Å². The molecule has 0 heterocycles. The summed E-state index contributed by atoms with van der Waals surface area (Å²) in [6, 6.07) is 0. The monoisotopic (exact) mass is 208 g/mol. The zero-order valence-electron chi connectivity index (χ0n) is 8.68. The minimum absolute atomic E-state index is 0. The molecule has 0 aliphatic carbocycles. The average molecular weight is 208 g/mol. The fourth-order valence-corrected chi connectivity index (χ4v) is 0. The van der Waals surface area contributed by atoms with Crippen LogP contribution in [0, 0.1) is 0 Å². The summed E-state index contributed by atoms with van der Waals surface area (Å²) in [6.07, 6.45) is -2.69. The maximum absolute atomic E-state index is 9.34. The van der Waals surface area contributed by atoms with Gasteiger partial charge in [-0.2, -0.15) is 0 Å². The molecule has 6 nitrogen and oxygen atoms in total. The second-order valence-electron chi connectivity index (χ2n) is 1.99. The molecule has 14 heavy (non-hydrogen) atoms. The summed E-state index contributed by atoms with van der Waals surface area (Å²) in [7, 11) is 0. The molecule has 0 amide bonds. The van der Waals surface area contributed by atoms with Crippen LogP contribution >= 0.6 is 0 Å². The van der Waals surface area contributed by atoms with Crippen LogP contribution in [-0.4, -0.2) is 34.4 Å². The van der Waals surface area contributed by atoms with E-state index in [0.717, 1.165) is 13.8 Å². The normalized spacial score (nSPS) is 11.7. The van der Waals surface area contributed by atoms with Crippen molar-refractivity contribution in [2.45, 2.75) is 26.1 Å². The van der Waals surface area contributed by atoms with Crippen LogP contribution in [-0.2, 0) is 9.59 Å². The zero-order valence-corrected chi connectivity index (χ0v) is 10.7. The molecule has 2 atom stereocenters. The Balaban J connectivity index is -0.0000000625. The molecular weight excluding hydrogens is 198 g/mol. The van der Waals surface area contributed by atoms with E-state index in [1.165, 1.54) is 0 Å². The molecule has 8 heteroatoms. The van der Waals surface area contributed by atoms with E-state index >= 15 is 0 Å². The van der Waals surface area contributed by atoms with Crippen LogP contribution in [0.5, 0.6) is 0 Å². The number of carboxylic acids is 2. The summed E-state index contributed by atoms with van der Waals surface area (Å²) < 4.78 is 0. The Morgan fingerprint density at radius 2 is 1.07 bits per heavy atom. The standard InChI is InChI=1S/2C3H6O3.Li.Na/c2*1-2(4)3(5)6;;/h2*2,4H,1H3,(H,5,6);;/q;;2*+1/p-2. The fraction of sp³-hybridized carbons (Fsp3) is 0.667. The average Bonchev–Trinajstić information content (AvgIpc) is 1.88. The van der Waals surface area contributed by atoms with E-state index in [4.69, 9.17) is 10.2 Å². The van der Waals surface area contributed by atoms with Gasteiger partial charge in [-0.25, -0.2) is 0 Å². The molecule has 0 spiro atoms. The van der Waals surface area contributed by atoms with Crippen molar-refractivity contribution < 1.29 is 78.4 Å². The molecule has 0 aliphatic rings. The summed E-state index contributed by atoms with van der Waals surface area (Å²) in [6.45, 7) is 2.27. The van der Waals surface area contributed by atoms with E-state index in [2.05, 4.69) is 0 Å². The van der Waals surface area contributed by atoms with Gasteiger partial charge < -0.3 is 30.0 Å². The van der Waals surface area contributed by atoms with Crippen molar-refractivity contribution in [2.24, 2.45) is 0 Å². The second kappa shape index (κ2) is 13.5. The Kier molecular flexibility index (Phi) is 23.0. The molecule has 2 unspecified atom stereocenters. The van der Waals surface area contributed by atoms with Gasteiger partial charge in [-0.3, -0.25) is 0 Å². The Bertz CT molecular complexity index is 142. The molecule has 2 N–H and O–H groups in total. The summed E-state index contributed by atoms with van der Waals surface area (Å²) in [5, 5.41) is 34.6. The third-order valence-corrected chi connectivity index (χ3v) is 0.682. The molecule has 0 fully saturated rings. The number of carbonyl (C=O) groups excluding carboxylic acids is 2. The van der Waals surface area contributed by atoms with Gasteiger partial charge in [0.2, 0.25) is 0 Å². The Labute approximate surface area is 116 Å². The first-order valence-corrected chi connectivity index (χ1v) is 3.06. The van der Waals surface area contributed by atoms with Crippen LogP contribution in [0.25, 0.3) is 0 Å². The molecule has 0 aromatic heterocycles. The number of aliphatic hydroxyl groups excluding tert-OH is 2. The van der Waals surface area contributed by atoms with Crippen LogP contribution in [0.15, 0.2) is 0 Å². The number of aliphatic carboxylic acids is 2. The van der Waals surface area contributed by atoms with Gasteiger partial charge in [0.15, 0.2) is 0 Å². The van der Waals surface area contributed by atoms with Crippen LogP contribution in [0.2, 0.25) is 0 Å². The van der Waals surface area contributed by atoms with E-state index < -0.39 is 24.1 Å². The maximum atomic E-state index is 9.34. The number of carboxylic acid groups (broad SMARTS) is 2. The van der Waals surface area contributed by atoms with Gasteiger partial charge in [0.25, 0.3) is 0 Å². The van der Waals surface area contributed by atoms with Crippen molar-refractivity contribution in [1.82, 2.24) is 0 Å². The second-order valence-corrected chi connectivity index (χ2v) is 1.99. The predicted octanol–water partition coefficient (Wildman–Crippen LogP) is -9.76. The van der Waals surface area contributed by atoms with Gasteiger partial charge in [0, 0.05) is 0 Å². The summed E-state index contributed by atoms with van der Waals surface area (Å²) in [4.78, 5) is 18.7. The van der Waals surface area contributed by atoms with Gasteiger partial charge in [-0.1, -0.05) is 0 Å². The van der Waals surface area contributed by atoms with E-state index in [1.54, 1.807) is 0 Å². The largest absolute Gasteiger partial charge is 1.00 e. The van der Waals surface area contributed by atoms with Gasteiger partial charge in [-0.05, 0) is 13.8 Å². The molecule has 0 radical (unpaired) electrons. The quantitative estimate of drug-likeness (QED) is 0.434. The number of hydrogen-bond donors (Lipinski definition) is 2. The van der Waals surface area contributed by atoms with Gasteiger partial charge >= 0.3 is 48.4 Å². The van der Waals surface area contributed by atoms with Gasteiger partial charge in [0.1, 0.15) is 0 Å². The predicted molar refractivity (Wildman–Crippen MR) is 33.4 cm³/mol. The fourth-order valence-electron chi connectivity index (χ4n) is 0. The van der Waals surface area contributed by atoms with Crippen molar-refractivity contribution in [3.05, 3.63) is 0 Å². The summed E-state index contributed by atoms with van der Waals surface area (Å²) >= 11 is 0. The third kappa shape index (κ3) is 22.9. The Morgan fingerprint density at radius 3 is 1.07 bits per heavy atom. The molecule has 0 rings (SSSR count). The molecule has 0 aromatic rings. The first kappa shape index (κ1) is 23.9. The molecule has 0 saturated carbocycles. The van der Waals surface area contributed by atoms with E-state index in [9.17, 15) is 19.8 Å². The topological polar surface area (TPSA) is 121 Å². The minimum Gasteiger partial charge on any atom is -0.547 e. The van der Waals surface area contributed by atoms with Gasteiger partial charge in [-0.15, -0.1) is 0 Å². The smallest absolute Gasteiger partial charge is 0.547 e. The van der Waals surface area contributed by atoms with E-state index in [-0.39, 0.29) is 48.4 Å². The Morgan fingerprint density at radius 1 is 1.00 bits per heavy atom. The first-order valence-electron chi connectivity index (χ1n) is 3.06. The summed E-state index contributed by atoms with van der Waals surface area (Å²) in [5.74, 6) is -2.87. The van der Waals surface area contributed by atoms with Crippen molar-refractivity contribution in [3.63, 3.8) is 0 Å². The van der Waals surface area contributed by atoms with Crippen LogP contribution < -0.4 is 58.6 Å². The molecule has 0 bridgehead atoms. The van der Waals surface area contributed by atoms with Gasteiger partial charge in [0.05, 0.1) is 24.1 Å². The van der Waals surface area contributed by atoms with Crippen molar-refractivity contribution in [3.8, 4) is 0 Å². The molecule has 0 aromatic carbocycles. The minimum atomic E-state index is -1.44. The zero-order chi connectivity index (χ0) is 10.3. The molecular formula is C6H10LiNaO6. The summed E-state index contributed by atoms with van der Waals surface area (Å²) in [5.41, 5.74) is 0. The maximum Gasteiger partial charge on any atom is 1.00 e. The third-order valence-electron chi connectivity index (χ3n) is 0.682. The van der Waals surface area contributed by atoms with Crippen molar-refractivity contribution >= 4 is 11.9 Å². The van der Waals surface area contributed by atoms with E-state index in [0.29, 0.717) is 0 Å². The van der Waals surface area contributed by atoms with Crippen molar-refractivity contribution in [2.75, 3.05) is 0 Å². The number of carbonyl (C=O) groups is 2. The Hall–Kier alpha value is 0.457. The molecule has 0 saturated heterocycles. The SMILES string of the molecule is CC(O)C(=O)[O-].CC(O)C(=O)[O-].[Li+].[Na+]. The van der Waals surface area contributed by atoms with Crippen LogP contribution in [0.4, 0.5) is 0 Å². The van der Waals surface area contributed by atoms with Crippen LogP contribution in [0.1, 0.15) is 13.8 Å².